The second-order valence-electron chi connectivity index (χ2n) is 6.17. The van der Waals surface area contributed by atoms with E-state index in [4.69, 9.17) is 5.73 Å². The molecule has 0 saturated heterocycles. The molecule has 1 atom stereocenters. The van der Waals surface area contributed by atoms with E-state index in [1.54, 1.807) is 0 Å². The Labute approximate surface area is 163 Å². The van der Waals surface area contributed by atoms with Gasteiger partial charge in [-0.2, -0.15) is 13.2 Å². The summed E-state index contributed by atoms with van der Waals surface area (Å²) in [6.07, 6.45) is -0.920. The number of nitrogen functional groups attached to an aromatic ring is 1. The van der Waals surface area contributed by atoms with Crippen LogP contribution in [0.3, 0.4) is 0 Å². The lowest BCUT2D eigenvalue weighted by molar-refractivity contribution is -0.259. The minimum absolute atomic E-state index is 0.0114. The highest BCUT2D eigenvalue weighted by Gasteiger charge is 2.51. The van der Waals surface area contributed by atoms with Gasteiger partial charge in [-0.3, -0.25) is 0 Å². The SMILES string of the molecule is CC(O)(c1cnc(-c2ccc(S(=O)(=O)c3ccc(N)nc3)nc2)nc1)C(F)(F)F. The minimum Gasteiger partial charge on any atom is -0.384 e. The Morgan fingerprint density at radius 2 is 1.59 bits per heavy atom. The highest BCUT2D eigenvalue weighted by molar-refractivity contribution is 7.91. The fourth-order valence-electron chi connectivity index (χ4n) is 2.24. The average molecular weight is 425 g/mol. The molecule has 0 aromatic carbocycles. The number of nitrogens with zero attached hydrogens (tertiary/aromatic N) is 4. The standard InChI is InChI=1S/C17H14F3N5O3S/c1-16(26,17(18,19)20)11-7-24-15(25-8-11)10-2-5-14(23-6-10)29(27,28)12-3-4-13(21)22-9-12/h2-9,26H,1H3,(H2,21,22). The monoisotopic (exact) mass is 425 g/mol. The minimum atomic E-state index is -4.90. The predicted octanol–water partition coefficient (Wildman–Crippen LogP) is 2.12. The van der Waals surface area contributed by atoms with Crippen molar-refractivity contribution in [3.8, 4) is 11.4 Å². The average Bonchev–Trinajstić information content (AvgIpc) is 2.68. The van der Waals surface area contributed by atoms with Crippen molar-refractivity contribution in [3.05, 3.63) is 54.6 Å². The lowest BCUT2D eigenvalue weighted by atomic mass is 9.99. The number of sulfone groups is 1. The molecule has 152 valence electrons. The molecule has 3 aromatic heterocycles. The van der Waals surface area contributed by atoms with Gasteiger partial charge < -0.3 is 10.8 Å². The lowest BCUT2D eigenvalue weighted by Gasteiger charge is -2.25. The number of alkyl halides is 3. The number of pyridine rings is 2. The van der Waals surface area contributed by atoms with Crippen molar-refractivity contribution in [1.29, 1.82) is 0 Å². The molecule has 0 amide bonds. The van der Waals surface area contributed by atoms with Crippen molar-refractivity contribution in [2.24, 2.45) is 0 Å². The highest BCUT2D eigenvalue weighted by Crippen LogP contribution is 2.38. The number of nitrogens with two attached hydrogens (primary N) is 1. The Kier molecular flexibility index (Phi) is 5.01. The summed E-state index contributed by atoms with van der Waals surface area (Å²) in [6, 6.07) is 5.21. The molecule has 0 aliphatic heterocycles. The van der Waals surface area contributed by atoms with Crippen LogP contribution in [0.25, 0.3) is 11.4 Å². The molecule has 29 heavy (non-hydrogen) atoms. The van der Waals surface area contributed by atoms with Gasteiger partial charge in [0.05, 0.1) is 4.90 Å². The van der Waals surface area contributed by atoms with E-state index in [9.17, 15) is 26.7 Å². The predicted molar refractivity (Wildman–Crippen MR) is 95.0 cm³/mol. The molecule has 3 heterocycles. The third-order valence-electron chi connectivity index (χ3n) is 4.11. The Bertz CT molecular complexity index is 1110. The van der Waals surface area contributed by atoms with Crippen LogP contribution in [-0.2, 0) is 15.4 Å². The molecule has 3 rings (SSSR count). The molecule has 0 fully saturated rings. The maximum atomic E-state index is 12.9. The van der Waals surface area contributed by atoms with Crippen molar-refractivity contribution in [2.75, 3.05) is 5.73 Å². The molecular weight excluding hydrogens is 411 g/mol. The van der Waals surface area contributed by atoms with E-state index in [2.05, 4.69) is 19.9 Å². The van der Waals surface area contributed by atoms with Gasteiger partial charge in [0.2, 0.25) is 9.84 Å². The maximum absolute atomic E-state index is 12.9. The van der Waals surface area contributed by atoms with Crippen LogP contribution in [0.4, 0.5) is 19.0 Å². The molecule has 8 nitrogen and oxygen atoms in total. The van der Waals surface area contributed by atoms with Crippen molar-refractivity contribution < 1.29 is 26.7 Å². The Hall–Kier alpha value is -3.12. The number of hydrogen-bond donors (Lipinski definition) is 2. The first-order valence-corrected chi connectivity index (χ1v) is 9.46. The van der Waals surface area contributed by atoms with Crippen LogP contribution in [0.15, 0.2) is 59.0 Å². The quantitative estimate of drug-likeness (QED) is 0.650. The number of hydrogen-bond acceptors (Lipinski definition) is 8. The number of anilines is 1. The molecule has 1 unspecified atom stereocenters. The first-order valence-electron chi connectivity index (χ1n) is 7.97. The van der Waals surface area contributed by atoms with Gasteiger partial charge in [0, 0.05) is 35.9 Å². The Morgan fingerprint density at radius 1 is 0.931 bits per heavy atom. The topological polar surface area (TPSA) is 132 Å². The molecule has 0 aliphatic carbocycles. The summed E-state index contributed by atoms with van der Waals surface area (Å²) in [6.45, 7) is 0.596. The number of aliphatic hydroxyl groups is 1. The molecule has 0 aliphatic rings. The summed E-state index contributed by atoms with van der Waals surface area (Å²) >= 11 is 0. The van der Waals surface area contributed by atoms with Gasteiger partial charge in [-0.05, 0) is 31.2 Å². The molecule has 12 heteroatoms. The van der Waals surface area contributed by atoms with Gasteiger partial charge in [-0.1, -0.05) is 0 Å². The molecule has 0 radical (unpaired) electrons. The molecular formula is C17H14F3N5O3S. The summed E-state index contributed by atoms with van der Waals surface area (Å²) < 4.78 is 63.7. The fraction of sp³-hybridized carbons (Fsp3) is 0.176. The summed E-state index contributed by atoms with van der Waals surface area (Å²) in [4.78, 5) is 15.1. The molecule has 0 spiro atoms. The Morgan fingerprint density at radius 3 is 2.07 bits per heavy atom. The second-order valence-corrected chi connectivity index (χ2v) is 8.07. The summed E-state index contributed by atoms with van der Waals surface area (Å²) in [5.41, 5.74) is 2.08. The molecule has 0 saturated carbocycles. The van der Waals surface area contributed by atoms with E-state index < -0.39 is 27.2 Å². The number of halogens is 3. The third-order valence-corrected chi connectivity index (χ3v) is 5.76. The normalized spacial score (nSPS) is 14.4. The van der Waals surface area contributed by atoms with E-state index in [1.165, 1.54) is 30.5 Å². The smallest absolute Gasteiger partial charge is 0.384 e. The van der Waals surface area contributed by atoms with Gasteiger partial charge in [0.15, 0.2) is 16.5 Å². The van der Waals surface area contributed by atoms with Crippen molar-refractivity contribution in [1.82, 2.24) is 19.9 Å². The van der Waals surface area contributed by atoms with Crippen LogP contribution in [0.1, 0.15) is 12.5 Å². The van der Waals surface area contributed by atoms with Gasteiger partial charge >= 0.3 is 6.18 Å². The van der Waals surface area contributed by atoms with Crippen LogP contribution >= 0.6 is 0 Å². The Balaban J connectivity index is 1.88. The van der Waals surface area contributed by atoms with Crippen molar-refractivity contribution >= 4 is 15.7 Å². The van der Waals surface area contributed by atoms with E-state index >= 15 is 0 Å². The maximum Gasteiger partial charge on any atom is 0.421 e. The van der Waals surface area contributed by atoms with Gasteiger partial charge in [0.25, 0.3) is 0 Å². The zero-order valence-electron chi connectivity index (χ0n) is 14.8. The summed E-state index contributed by atoms with van der Waals surface area (Å²) in [5.74, 6) is 0.176. The van der Waals surface area contributed by atoms with E-state index in [-0.39, 0.29) is 27.1 Å². The van der Waals surface area contributed by atoms with E-state index in [0.717, 1.165) is 18.6 Å². The number of aromatic nitrogens is 4. The van der Waals surface area contributed by atoms with E-state index in [1.807, 2.05) is 0 Å². The van der Waals surface area contributed by atoms with Crippen molar-refractivity contribution in [3.63, 3.8) is 0 Å². The second kappa shape index (κ2) is 7.04. The van der Waals surface area contributed by atoms with Gasteiger partial charge in [-0.25, -0.2) is 28.4 Å². The largest absolute Gasteiger partial charge is 0.421 e. The zero-order chi connectivity index (χ0) is 21.4. The molecule has 3 N–H and O–H groups in total. The first kappa shape index (κ1) is 20.6. The first-order chi connectivity index (χ1) is 13.4. The van der Waals surface area contributed by atoms with Crippen LogP contribution < -0.4 is 5.73 Å². The summed E-state index contributed by atoms with van der Waals surface area (Å²) in [5, 5.41) is 9.38. The van der Waals surface area contributed by atoms with Crippen molar-refractivity contribution in [2.45, 2.75) is 28.6 Å². The van der Waals surface area contributed by atoms with Crippen LogP contribution in [0, 0.1) is 0 Å². The van der Waals surface area contributed by atoms with Crippen LogP contribution in [0.2, 0.25) is 0 Å². The molecule has 0 bridgehead atoms. The number of rotatable bonds is 4. The van der Waals surface area contributed by atoms with Crippen LogP contribution in [-0.4, -0.2) is 39.6 Å². The highest BCUT2D eigenvalue weighted by atomic mass is 32.2. The molecule has 3 aromatic rings. The summed E-state index contributed by atoms with van der Waals surface area (Å²) in [7, 11) is -3.93. The van der Waals surface area contributed by atoms with E-state index in [0.29, 0.717) is 6.92 Å². The third kappa shape index (κ3) is 3.89. The van der Waals surface area contributed by atoms with Gasteiger partial charge in [-0.15, -0.1) is 0 Å². The zero-order valence-corrected chi connectivity index (χ0v) is 15.6. The fourth-order valence-corrected chi connectivity index (χ4v) is 3.35. The van der Waals surface area contributed by atoms with Crippen LogP contribution in [0.5, 0.6) is 0 Å². The van der Waals surface area contributed by atoms with Gasteiger partial charge in [0.1, 0.15) is 5.82 Å². The lowest BCUT2D eigenvalue weighted by Crippen LogP contribution is -2.39.